The van der Waals surface area contributed by atoms with E-state index in [4.69, 9.17) is 28.3 Å². The maximum Gasteiger partial charge on any atom is 0.355 e. The molecule has 0 atom stereocenters. The summed E-state index contributed by atoms with van der Waals surface area (Å²) >= 11 is 12.7. The second-order valence-electron chi connectivity index (χ2n) is 3.21. The molecule has 0 fully saturated rings. The molecule has 0 bridgehead atoms. The van der Waals surface area contributed by atoms with Gasteiger partial charge in [0.25, 0.3) is 0 Å². The summed E-state index contributed by atoms with van der Waals surface area (Å²) < 4.78 is 13.0. The van der Waals surface area contributed by atoms with Crippen LogP contribution in [0.5, 0.6) is 0 Å². The number of halogens is 3. The molecule has 1 aromatic heterocycles. The molecule has 94 valence electrons. The Balaban J connectivity index is 2.31. The van der Waals surface area contributed by atoms with Crippen LogP contribution in [0.1, 0.15) is 10.5 Å². The largest absolute Gasteiger partial charge is 0.476 e. The predicted molar refractivity (Wildman–Crippen MR) is 68.8 cm³/mol. The van der Waals surface area contributed by atoms with E-state index in [0.29, 0.717) is 5.13 Å². The number of hydrogen-bond donors (Lipinski definition) is 2. The Kier molecular flexibility index (Phi) is 3.70. The molecule has 1 heterocycles. The smallest absolute Gasteiger partial charge is 0.355 e. The first-order chi connectivity index (χ1) is 8.47. The van der Waals surface area contributed by atoms with Crippen molar-refractivity contribution < 1.29 is 14.3 Å². The SMILES string of the molecule is O=C(O)c1csc(Nc2c(Cl)cc(F)cc2Cl)n1. The lowest BCUT2D eigenvalue weighted by atomic mass is 10.3. The van der Waals surface area contributed by atoms with Crippen molar-refractivity contribution in [2.75, 3.05) is 5.32 Å². The van der Waals surface area contributed by atoms with Crippen LogP contribution in [-0.4, -0.2) is 16.1 Å². The van der Waals surface area contributed by atoms with E-state index in [-0.39, 0.29) is 21.4 Å². The molecule has 0 amide bonds. The number of nitrogens with zero attached hydrogens (tertiary/aromatic N) is 1. The molecule has 2 rings (SSSR count). The highest BCUT2D eigenvalue weighted by Gasteiger charge is 2.12. The Labute approximate surface area is 115 Å². The molecule has 2 N–H and O–H groups in total. The van der Waals surface area contributed by atoms with Gasteiger partial charge in [0.15, 0.2) is 10.8 Å². The third kappa shape index (κ3) is 2.72. The van der Waals surface area contributed by atoms with Crippen molar-refractivity contribution in [3.8, 4) is 0 Å². The highest BCUT2D eigenvalue weighted by atomic mass is 35.5. The van der Waals surface area contributed by atoms with Crippen LogP contribution in [0.25, 0.3) is 0 Å². The summed E-state index contributed by atoms with van der Waals surface area (Å²) in [5.41, 5.74) is 0.197. The number of hydrogen-bond acceptors (Lipinski definition) is 4. The van der Waals surface area contributed by atoms with E-state index in [0.717, 1.165) is 23.5 Å². The fraction of sp³-hybridized carbons (Fsp3) is 0. The molecular formula is C10H5Cl2FN2O2S. The average molecular weight is 307 g/mol. The number of thiazole rings is 1. The number of anilines is 2. The second kappa shape index (κ2) is 5.09. The van der Waals surface area contributed by atoms with Gasteiger partial charge in [0, 0.05) is 5.38 Å². The molecule has 0 aliphatic rings. The predicted octanol–water partition coefficient (Wildman–Crippen LogP) is 4.03. The van der Waals surface area contributed by atoms with Crippen LogP contribution in [0.4, 0.5) is 15.2 Å². The Morgan fingerprint density at radius 2 is 2.00 bits per heavy atom. The zero-order chi connectivity index (χ0) is 13.3. The maximum absolute atomic E-state index is 13.0. The summed E-state index contributed by atoms with van der Waals surface area (Å²) in [4.78, 5) is 14.5. The quantitative estimate of drug-likeness (QED) is 0.898. The van der Waals surface area contributed by atoms with Gasteiger partial charge >= 0.3 is 5.97 Å². The molecule has 4 nitrogen and oxygen atoms in total. The molecule has 18 heavy (non-hydrogen) atoms. The van der Waals surface area contributed by atoms with Crippen molar-refractivity contribution in [3.05, 3.63) is 39.1 Å². The summed E-state index contributed by atoms with van der Waals surface area (Å²) in [6.45, 7) is 0. The molecule has 2 aromatic rings. The van der Waals surface area contributed by atoms with E-state index in [9.17, 15) is 9.18 Å². The molecule has 0 spiro atoms. The van der Waals surface area contributed by atoms with E-state index in [1.807, 2.05) is 0 Å². The number of nitrogens with one attached hydrogen (secondary N) is 1. The van der Waals surface area contributed by atoms with Crippen LogP contribution >= 0.6 is 34.5 Å². The molecule has 8 heteroatoms. The lowest BCUT2D eigenvalue weighted by Crippen LogP contribution is -1.98. The normalized spacial score (nSPS) is 10.4. The zero-order valence-corrected chi connectivity index (χ0v) is 10.9. The van der Waals surface area contributed by atoms with Gasteiger partial charge in [-0.15, -0.1) is 11.3 Å². The molecule has 0 aliphatic carbocycles. The molecule has 0 radical (unpaired) electrons. The Hall–Kier alpha value is -1.37. The maximum atomic E-state index is 13.0. The summed E-state index contributed by atoms with van der Waals surface area (Å²) in [5, 5.41) is 13.3. The van der Waals surface area contributed by atoms with Gasteiger partial charge < -0.3 is 10.4 Å². The van der Waals surface area contributed by atoms with Gasteiger partial charge in [0.05, 0.1) is 15.7 Å². The number of carboxylic acid groups (broad SMARTS) is 1. The van der Waals surface area contributed by atoms with Gasteiger partial charge in [0.1, 0.15) is 5.82 Å². The minimum absolute atomic E-state index is 0.0862. The summed E-state index contributed by atoms with van der Waals surface area (Å²) in [6.07, 6.45) is 0. The van der Waals surface area contributed by atoms with Crippen LogP contribution in [0.15, 0.2) is 17.5 Å². The second-order valence-corrected chi connectivity index (χ2v) is 4.88. The summed E-state index contributed by atoms with van der Waals surface area (Å²) in [7, 11) is 0. The fourth-order valence-electron chi connectivity index (χ4n) is 1.20. The lowest BCUT2D eigenvalue weighted by molar-refractivity contribution is 0.0691. The Morgan fingerprint density at radius 1 is 1.39 bits per heavy atom. The van der Waals surface area contributed by atoms with E-state index in [1.54, 1.807) is 0 Å². The van der Waals surface area contributed by atoms with Crippen LogP contribution in [-0.2, 0) is 0 Å². The van der Waals surface area contributed by atoms with Crippen LogP contribution in [0.3, 0.4) is 0 Å². The fourth-order valence-corrected chi connectivity index (χ4v) is 2.44. The van der Waals surface area contributed by atoms with Crippen molar-refractivity contribution in [2.24, 2.45) is 0 Å². The Morgan fingerprint density at radius 3 is 2.50 bits per heavy atom. The van der Waals surface area contributed by atoms with Crippen molar-refractivity contribution in [1.29, 1.82) is 0 Å². The molecule has 1 aromatic carbocycles. The number of carbonyl (C=O) groups is 1. The van der Waals surface area contributed by atoms with E-state index < -0.39 is 11.8 Å². The van der Waals surface area contributed by atoms with Gasteiger partial charge in [0.2, 0.25) is 0 Å². The van der Waals surface area contributed by atoms with E-state index in [2.05, 4.69) is 10.3 Å². The third-order valence-corrected chi connectivity index (χ3v) is 3.32. The van der Waals surface area contributed by atoms with Gasteiger partial charge in [-0.2, -0.15) is 0 Å². The number of benzene rings is 1. The molecule has 0 unspecified atom stereocenters. The first-order valence-electron chi connectivity index (χ1n) is 4.58. The standard InChI is InChI=1S/C10H5Cl2FN2O2S/c11-5-1-4(13)2-6(12)8(5)15-10-14-7(3-18-10)9(16)17/h1-3H,(H,14,15)(H,16,17). The lowest BCUT2D eigenvalue weighted by Gasteiger charge is -2.07. The van der Waals surface area contributed by atoms with Gasteiger partial charge in [-0.3, -0.25) is 0 Å². The van der Waals surface area contributed by atoms with E-state index >= 15 is 0 Å². The van der Waals surface area contributed by atoms with Crippen LogP contribution in [0.2, 0.25) is 10.0 Å². The summed E-state index contributed by atoms with van der Waals surface area (Å²) in [5.74, 6) is -1.68. The molecule has 0 aliphatic heterocycles. The van der Waals surface area contributed by atoms with Crippen LogP contribution < -0.4 is 5.32 Å². The van der Waals surface area contributed by atoms with Gasteiger partial charge in [-0.1, -0.05) is 23.2 Å². The summed E-state index contributed by atoms with van der Waals surface area (Å²) in [6, 6.07) is 2.20. The third-order valence-electron chi connectivity index (χ3n) is 1.96. The minimum atomic E-state index is -1.13. The van der Waals surface area contributed by atoms with Crippen molar-refractivity contribution in [3.63, 3.8) is 0 Å². The number of carboxylic acids is 1. The minimum Gasteiger partial charge on any atom is -0.476 e. The average Bonchev–Trinajstić information content (AvgIpc) is 2.71. The first kappa shape index (κ1) is 13.1. The van der Waals surface area contributed by atoms with Crippen molar-refractivity contribution in [1.82, 2.24) is 4.98 Å². The number of aromatic nitrogens is 1. The highest BCUT2D eigenvalue weighted by Crippen LogP contribution is 2.34. The zero-order valence-electron chi connectivity index (χ0n) is 8.58. The first-order valence-corrected chi connectivity index (χ1v) is 6.21. The Bertz CT molecular complexity index is 595. The van der Waals surface area contributed by atoms with Crippen molar-refractivity contribution >= 4 is 51.3 Å². The van der Waals surface area contributed by atoms with Gasteiger partial charge in [-0.05, 0) is 12.1 Å². The monoisotopic (exact) mass is 306 g/mol. The number of aromatic carboxylic acids is 1. The number of rotatable bonds is 3. The highest BCUT2D eigenvalue weighted by molar-refractivity contribution is 7.14. The van der Waals surface area contributed by atoms with Crippen LogP contribution in [0, 0.1) is 5.82 Å². The van der Waals surface area contributed by atoms with E-state index in [1.165, 1.54) is 5.38 Å². The molecule has 0 saturated heterocycles. The van der Waals surface area contributed by atoms with Crippen molar-refractivity contribution in [2.45, 2.75) is 0 Å². The van der Waals surface area contributed by atoms with Gasteiger partial charge in [-0.25, -0.2) is 14.2 Å². The molecule has 0 saturated carbocycles. The topological polar surface area (TPSA) is 62.2 Å². The molecular weight excluding hydrogens is 302 g/mol.